The van der Waals surface area contributed by atoms with Crippen molar-refractivity contribution >= 4 is 51.3 Å². The minimum atomic E-state index is -3.64. The van der Waals surface area contributed by atoms with Crippen LogP contribution < -0.4 is 15.8 Å². The first kappa shape index (κ1) is 25.6. The Kier molecular flexibility index (Phi) is 12.7. The molecule has 0 aliphatic heterocycles. The van der Waals surface area contributed by atoms with Gasteiger partial charge < -0.3 is 15.4 Å². The molecule has 1 aromatic rings. The van der Waals surface area contributed by atoms with Gasteiger partial charge in [0.05, 0.1) is 12.6 Å². The van der Waals surface area contributed by atoms with E-state index in [-0.39, 0.29) is 34.3 Å². The molecule has 26 heavy (non-hydrogen) atoms. The predicted molar refractivity (Wildman–Crippen MR) is 119 cm³/mol. The van der Waals surface area contributed by atoms with E-state index in [1.165, 1.54) is 6.07 Å². The topological polar surface area (TPSA) is 106 Å². The molecule has 0 fully saturated rings. The van der Waals surface area contributed by atoms with Crippen LogP contribution in [0.5, 0.6) is 0 Å². The molecule has 0 saturated carbocycles. The SMILES string of the molecule is CCNC(=NCc1ccc(S(N)(=O)=O)s1)NCCC(OCC)C(C)C.I. The number of sulfonamides is 1. The predicted octanol–water partition coefficient (Wildman–Crippen LogP) is 2.52. The van der Waals surface area contributed by atoms with Crippen LogP contribution in [0.4, 0.5) is 0 Å². The van der Waals surface area contributed by atoms with Gasteiger partial charge in [-0.15, -0.1) is 35.3 Å². The molecule has 1 rings (SSSR count). The number of hydrogen-bond donors (Lipinski definition) is 3. The Bertz CT molecular complexity index is 648. The van der Waals surface area contributed by atoms with E-state index >= 15 is 0 Å². The molecule has 0 amide bonds. The summed E-state index contributed by atoms with van der Waals surface area (Å²) in [4.78, 5) is 5.34. The number of nitrogens with one attached hydrogen (secondary N) is 2. The van der Waals surface area contributed by atoms with E-state index in [0.717, 1.165) is 35.7 Å². The molecule has 0 aliphatic carbocycles. The first-order valence-electron chi connectivity index (χ1n) is 8.53. The zero-order valence-corrected chi connectivity index (χ0v) is 19.8. The van der Waals surface area contributed by atoms with E-state index in [4.69, 9.17) is 9.88 Å². The standard InChI is InChI=1S/C16H30N4O3S2.HI/c1-5-18-16(19-10-9-14(12(3)4)23-6-2)20-11-13-7-8-15(24-13)25(17,21)22;/h7-8,12,14H,5-6,9-11H2,1-4H3,(H2,17,21,22)(H2,18,19,20);1H. The molecule has 1 heterocycles. The third-order valence-electron chi connectivity index (χ3n) is 3.50. The fourth-order valence-corrected chi connectivity index (χ4v) is 3.95. The summed E-state index contributed by atoms with van der Waals surface area (Å²) in [5.74, 6) is 1.16. The average Bonchev–Trinajstić information content (AvgIpc) is 3.00. The largest absolute Gasteiger partial charge is 0.378 e. The van der Waals surface area contributed by atoms with Crippen LogP contribution in [0.2, 0.25) is 0 Å². The molecular weight excluding hydrogens is 487 g/mol. The van der Waals surface area contributed by atoms with Crippen LogP contribution in [0.15, 0.2) is 21.3 Å². The molecule has 152 valence electrons. The lowest BCUT2D eigenvalue weighted by Gasteiger charge is -2.21. The van der Waals surface area contributed by atoms with Crippen molar-refractivity contribution in [1.82, 2.24) is 10.6 Å². The fraction of sp³-hybridized carbons (Fsp3) is 0.688. The molecule has 0 saturated heterocycles. The van der Waals surface area contributed by atoms with Crippen LogP contribution in [0.3, 0.4) is 0 Å². The second-order valence-corrected chi connectivity index (χ2v) is 8.87. The minimum absolute atomic E-state index is 0. The van der Waals surface area contributed by atoms with E-state index in [1.54, 1.807) is 6.07 Å². The molecule has 4 N–H and O–H groups in total. The van der Waals surface area contributed by atoms with Crippen LogP contribution >= 0.6 is 35.3 Å². The second-order valence-electron chi connectivity index (χ2n) is 5.91. The third-order valence-corrected chi connectivity index (χ3v) is 6.01. The van der Waals surface area contributed by atoms with E-state index in [2.05, 4.69) is 29.5 Å². The Morgan fingerprint density at radius 2 is 2.00 bits per heavy atom. The van der Waals surface area contributed by atoms with Gasteiger partial charge in [-0.2, -0.15) is 0 Å². The number of rotatable bonds is 10. The van der Waals surface area contributed by atoms with Crippen molar-refractivity contribution in [3.05, 3.63) is 17.0 Å². The maximum absolute atomic E-state index is 11.3. The Morgan fingerprint density at radius 1 is 1.31 bits per heavy atom. The van der Waals surface area contributed by atoms with Crippen LogP contribution in [0, 0.1) is 5.92 Å². The summed E-state index contributed by atoms with van der Waals surface area (Å²) in [6.07, 6.45) is 1.11. The Hall–Kier alpha value is -0.430. The van der Waals surface area contributed by atoms with Crippen LogP contribution in [0.1, 0.15) is 39.0 Å². The quantitative estimate of drug-likeness (QED) is 0.251. The number of thiophene rings is 1. The fourth-order valence-electron chi connectivity index (χ4n) is 2.25. The molecule has 0 aliphatic rings. The van der Waals surface area contributed by atoms with Crippen molar-refractivity contribution in [3.8, 4) is 0 Å². The maximum Gasteiger partial charge on any atom is 0.247 e. The number of aliphatic imine (C=N–C) groups is 1. The summed E-state index contributed by atoms with van der Waals surface area (Å²) in [6.45, 7) is 10.9. The number of nitrogens with two attached hydrogens (primary N) is 1. The number of halogens is 1. The second kappa shape index (κ2) is 12.9. The lowest BCUT2D eigenvalue weighted by Crippen LogP contribution is -2.39. The highest BCUT2D eigenvalue weighted by Crippen LogP contribution is 2.20. The van der Waals surface area contributed by atoms with Crippen molar-refractivity contribution in [2.75, 3.05) is 19.7 Å². The number of guanidine groups is 1. The van der Waals surface area contributed by atoms with Crippen molar-refractivity contribution in [2.45, 2.75) is 51.0 Å². The zero-order chi connectivity index (χ0) is 18.9. The van der Waals surface area contributed by atoms with E-state index in [1.807, 2.05) is 13.8 Å². The highest BCUT2D eigenvalue weighted by Gasteiger charge is 2.13. The summed E-state index contributed by atoms with van der Waals surface area (Å²) in [7, 11) is -3.64. The third kappa shape index (κ3) is 9.49. The van der Waals surface area contributed by atoms with E-state index in [0.29, 0.717) is 25.0 Å². The van der Waals surface area contributed by atoms with E-state index < -0.39 is 10.0 Å². The van der Waals surface area contributed by atoms with Crippen LogP contribution in [-0.2, 0) is 21.3 Å². The highest BCUT2D eigenvalue weighted by molar-refractivity contribution is 14.0. The molecule has 1 unspecified atom stereocenters. The Balaban J connectivity index is 0.00000625. The summed E-state index contributed by atoms with van der Waals surface area (Å²) >= 11 is 1.14. The number of nitrogens with zero attached hydrogens (tertiary/aromatic N) is 1. The van der Waals surface area contributed by atoms with Gasteiger partial charge >= 0.3 is 0 Å². The van der Waals surface area contributed by atoms with Crippen molar-refractivity contribution in [3.63, 3.8) is 0 Å². The molecule has 1 aromatic heterocycles. The van der Waals surface area contributed by atoms with Gasteiger partial charge in [-0.1, -0.05) is 13.8 Å². The van der Waals surface area contributed by atoms with Gasteiger partial charge in [-0.25, -0.2) is 18.5 Å². The van der Waals surface area contributed by atoms with Gasteiger partial charge in [0.15, 0.2) is 5.96 Å². The normalized spacial score (nSPS) is 13.4. The van der Waals surface area contributed by atoms with Gasteiger partial charge in [-0.05, 0) is 38.3 Å². The molecule has 7 nitrogen and oxygen atoms in total. The summed E-state index contributed by atoms with van der Waals surface area (Å²) in [5, 5.41) is 11.6. The summed E-state index contributed by atoms with van der Waals surface area (Å²) < 4.78 is 28.5. The molecule has 0 radical (unpaired) electrons. The Labute approximate surface area is 178 Å². The molecular formula is C16H31IN4O3S2. The summed E-state index contributed by atoms with van der Waals surface area (Å²) in [5.41, 5.74) is 0. The van der Waals surface area contributed by atoms with Crippen molar-refractivity contribution in [1.29, 1.82) is 0 Å². The first-order chi connectivity index (χ1) is 11.8. The number of hydrogen-bond acceptors (Lipinski definition) is 5. The Morgan fingerprint density at radius 3 is 2.50 bits per heavy atom. The molecule has 10 heteroatoms. The van der Waals surface area contributed by atoms with Crippen LogP contribution in [0.25, 0.3) is 0 Å². The highest BCUT2D eigenvalue weighted by atomic mass is 127. The number of ether oxygens (including phenoxy) is 1. The average molecular weight is 518 g/mol. The van der Waals surface area contributed by atoms with Gasteiger partial charge in [0, 0.05) is 24.6 Å². The lowest BCUT2D eigenvalue weighted by atomic mass is 10.0. The van der Waals surface area contributed by atoms with Crippen LogP contribution in [-0.4, -0.2) is 40.2 Å². The zero-order valence-electron chi connectivity index (χ0n) is 15.8. The monoisotopic (exact) mass is 518 g/mol. The molecule has 1 atom stereocenters. The lowest BCUT2D eigenvalue weighted by molar-refractivity contribution is 0.0258. The van der Waals surface area contributed by atoms with Gasteiger partial charge in [-0.3, -0.25) is 0 Å². The molecule has 0 aromatic carbocycles. The van der Waals surface area contributed by atoms with Gasteiger partial charge in [0.25, 0.3) is 0 Å². The molecule has 0 spiro atoms. The van der Waals surface area contributed by atoms with E-state index in [9.17, 15) is 8.42 Å². The first-order valence-corrected chi connectivity index (χ1v) is 10.9. The number of primary sulfonamides is 1. The minimum Gasteiger partial charge on any atom is -0.378 e. The maximum atomic E-state index is 11.3. The van der Waals surface area contributed by atoms with Gasteiger partial charge in [0.1, 0.15) is 4.21 Å². The van der Waals surface area contributed by atoms with Crippen molar-refractivity contribution in [2.24, 2.45) is 16.0 Å². The smallest absolute Gasteiger partial charge is 0.247 e. The van der Waals surface area contributed by atoms with Gasteiger partial charge in [0.2, 0.25) is 10.0 Å². The molecule has 0 bridgehead atoms. The van der Waals surface area contributed by atoms with Crippen molar-refractivity contribution < 1.29 is 13.2 Å². The summed E-state index contributed by atoms with van der Waals surface area (Å²) in [6, 6.07) is 3.25.